The summed E-state index contributed by atoms with van der Waals surface area (Å²) in [4.78, 5) is 20.6. The minimum Gasteiger partial charge on any atom is -0.463 e. The van der Waals surface area contributed by atoms with E-state index in [9.17, 15) is 18.0 Å². The number of nitrogens with zero attached hydrogens (tertiary/aromatic N) is 1. The van der Waals surface area contributed by atoms with E-state index in [1.807, 2.05) is 0 Å². The second-order valence-electron chi connectivity index (χ2n) is 8.38. The van der Waals surface area contributed by atoms with Gasteiger partial charge in [0, 0.05) is 16.8 Å². The van der Waals surface area contributed by atoms with Crippen LogP contribution in [0.25, 0.3) is 34.0 Å². The van der Waals surface area contributed by atoms with Crippen molar-refractivity contribution in [1.29, 1.82) is 0 Å². The van der Waals surface area contributed by atoms with Gasteiger partial charge in [-0.05, 0) is 72.1 Å². The summed E-state index contributed by atoms with van der Waals surface area (Å²) in [7, 11) is 0. The van der Waals surface area contributed by atoms with Gasteiger partial charge in [0.1, 0.15) is 11.5 Å². The van der Waals surface area contributed by atoms with Crippen molar-refractivity contribution in [2.24, 2.45) is 0 Å². The number of furan rings is 1. The van der Waals surface area contributed by atoms with Crippen LogP contribution in [0, 0.1) is 6.92 Å². The Hall–Kier alpha value is -4.30. The fourth-order valence-corrected chi connectivity index (χ4v) is 4.15. The predicted molar refractivity (Wildman–Crippen MR) is 136 cm³/mol. The molecule has 0 bridgehead atoms. The number of benzene rings is 3. The van der Waals surface area contributed by atoms with Gasteiger partial charge in [0.2, 0.25) is 0 Å². The molecular formula is C28H19ClF3N3O2. The number of alkyl halides is 3. The number of aromatic amines is 1. The number of carbonyl (C=O) groups excluding carboxylic acids is 1. The molecule has 5 rings (SSSR count). The summed E-state index contributed by atoms with van der Waals surface area (Å²) in [6, 6.07) is 18.7. The van der Waals surface area contributed by atoms with Crippen LogP contribution in [0.5, 0.6) is 0 Å². The minimum atomic E-state index is -4.39. The van der Waals surface area contributed by atoms with Crippen LogP contribution in [-0.2, 0) is 6.18 Å². The minimum absolute atomic E-state index is 0.333. The number of aryl methyl sites for hydroxylation is 1. The number of rotatable bonds is 5. The third-order valence-electron chi connectivity index (χ3n) is 5.86. The smallest absolute Gasteiger partial charge is 0.416 e. The van der Waals surface area contributed by atoms with E-state index in [1.165, 1.54) is 12.1 Å². The second-order valence-corrected chi connectivity index (χ2v) is 8.78. The van der Waals surface area contributed by atoms with Gasteiger partial charge in [-0.1, -0.05) is 35.9 Å². The van der Waals surface area contributed by atoms with E-state index >= 15 is 0 Å². The first-order chi connectivity index (χ1) is 17.7. The van der Waals surface area contributed by atoms with Gasteiger partial charge in [-0.15, -0.1) is 0 Å². The molecular weight excluding hydrogens is 503 g/mol. The van der Waals surface area contributed by atoms with Crippen molar-refractivity contribution in [3.63, 3.8) is 0 Å². The normalized spacial score (nSPS) is 11.5. The lowest BCUT2D eigenvalue weighted by atomic mass is 9.98. The molecule has 0 fully saturated rings. The Balaban J connectivity index is 1.35. The van der Waals surface area contributed by atoms with Gasteiger partial charge >= 0.3 is 6.18 Å². The summed E-state index contributed by atoms with van der Waals surface area (Å²) >= 11 is 6.40. The van der Waals surface area contributed by atoms with Gasteiger partial charge < -0.3 is 14.7 Å². The maximum absolute atomic E-state index is 13.0. The molecule has 5 nitrogen and oxygen atoms in total. The molecule has 37 heavy (non-hydrogen) atoms. The molecule has 0 aliphatic rings. The first-order valence-corrected chi connectivity index (χ1v) is 11.6. The van der Waals surface area contributed by atoms with Gasteiger partial charge in [0.05, 0.1) is 23.0 Å². The second kappa shape index (κ2) is 9.63. The topological polar surface area (TPSA) is 70.9 Å². The average Bonchev–Trinajstić information content (AvgIpc) is 3.57. The van der Waals surface area contributed by atoms with E-state index in [2.05, 4.69) is 15.3 Å². The van der Waals surface area contributed by atoms with Crippen molar-refractivity contribution < 1.29 is 22.4 Å². The summed E-state index contributed by atoms with van der Waals surface area (Å²) in [5.41, 5.74) is 3.55. The standard InChI is InChI=1S/C28H19ClF3N3O2/c1-16-13-18(17-4-7-19(8-5-17)28(30,31)32)6-10-21(16)27(36)34-20-9-11-23(29)22(14-20)26-33-15-24(35-26)25-3-2-12-37-25/h2-15H,1H3,(H,33,35)(H,34,36). The first-order valence-electron chi connectivity index (χ1n) is 11.2. The molecule has 0 saturated carbocycles. The number of imidazole rings is 1. The third kappa shape index (κ3) is 5.15. The third-order valence-corrected chi connectivity index (χ3v) is 6.19. The Labute approximate surface area is 214 Å². The zero-order chi connectivity index (χ0) is 26.2. The monoisotopic (exact) mass is 521 g/mol. The van der Waals surface area contributed by atoms with Crippen molar-refractivity contribution in [3.05, 3.63) is 107 Å². The Morgan fingerprint density at radius 3 is 2.43 bits per heavy atom. The summed E-state index contributed by atoms with van der Waals surface area (Å²) in [6.07, 6.45) is -1.19. The highest BCUT2D eigenvalue weighted by atomic mass is 35.5. The number of H-pyrrole nitrogens is 1. The molecule has 5 aromatic rings. The maximum atomic E-state index is 13.0. The Morgan fingerprint density at radius 1 is 1.00 bits per heavy atom. The van der Waals surface area contributed by atoms with Gasteiger partial charge in [-0.2, -0.15) is 13.2 Å². The fraction of sp³-hybridized carbons (Fsp3) is 0.0714. The molecule has 0 radical (unpaired) electrons. The van der Waals surface area contributed by atoms with Crippen LogP contribution in [0.4, 0.5) is 18.9 Å². The maximum Gasteiger partial charge on any atom is 0.416 e. The molecule has 1 amide bonds. The highest BCUT2D eigenvalue weighted by Crippen LogP contribution is 2.33. The van der Waals surface area contributed by atoms with Crippen LogP contribution in [-0.4, -0.2) is 15.9 Å². The Kier molecular flexibility index (Phi) is 6.35. The molecule has 0 aliphatic heterocycles. The van der Waals surface area contributed by atoms with Crippen molar-refractivity contribution >= 4 is 23.2 Å². The molecule has 3 aromatic carbocycles. The lowest BCUT2D eigenvalue weighted by Gasteiger charge is -2.12. The number of anilines is 1. The summed E-state index contributed by atoms with van der Waals surface area (Å²) in [6.45, 7) is 1.77. The number of aromatic nitrogens is 2. The largest absolute Gasteiger partial charge is 0.463 e. The number of carbonyl (C=O) groups is 1. The summed E-state index contributed by atoms with van der Waals surface area (Å²) < 4.78 is 43.9. The van der Waals surface area contributed by atoms with Crippen LogP contribution in [0.2, 0.25) is 5.02 Å². The molecule has 0 saturated heterocycles. The van der Waals surface area contributed by atoms with Gasteiger partial charge in [-0.3, -0.25) is 4.79 Å². The van der Waals surface area contributed by atoms with E-state index in [0.717, 1.165) is 12.1 Å². The SMILES string of the molecule is Cc1cc(-c2ccc(C(F)(F)F)cc2)ccc1C(=O)Nc1ccc(Cl)c(-c2ncc(-c3ccco3)[nH]2)c1. The molecule has 2 aromatic heterocycles. The lowest BCUT2D eigenvalue weighted by Crippen LogP contribution is -2.13. The highest BCUT2D eigenvalue weighted by Gasteiger charge is 2.30. The van der Waals surface area contributed by atoms with Gasteiger partial charge in [0.15, 0.2) is 5.76 Å². The number of hydrogen-bond acceptors (Lipinski definition) is 3. The van der Waals surface area contributed by atoms with Crippen LogP contribution in [0.3, 0.4) is 0 Å². The highest BCUT2D eigenvalue weighted by molar-refractivity contribution is 6.33. The predicted octanol–water partition coefficient (Wildman–Crippen LogP) is 8.24. The lowest BCUT2D eigenvalue weighted by molar-refractivity contribution is -0.137. The van der Waals surface area contributed by atoms with E-state index in [0.29, 0.717) is 55.8 Å². The van der Waals surface area contributed by atoms with E-state index < -0.39 is 11.7 Å². The quantitative estimate of drug-likeness (QED) is 0.245. The molecule has 9 heteroatoms. The molecule has 0 unspecified atom stereocenters. The Bertz CT molecular complexity index is 1570. The average molecular weight is 522 g/mol. The van der Waals surface area contributed by atoms with Gasteiger partial charge in [0.25, 0.3) is 5.91 Å². The zero-order valence-electron chi connectivity index (χ0n) is 19.4. The number of amides is 1. The van der Waals surface area contributed by atoms with Crippen molar-refractivity contribution in [2.45, 2.75) is 13.1 Å². The number of hydrogen-bond donors (Lipinski definition) is 2. The van der Waals surface area contributed by atoms with E-state index in [1.54, 1.807) is 67.9 Å². The first kappa shape index (κ1) is 24.4. The van der Waals surface area contributed by atoms with Crippen LogP contribution < -0.4 is 5.32 Å². The molecule has 186 valence electrons. The molecule has 0 aliphatic carbocycles. The van der Waals surface area contributed by atoms with E-state index in [4.69, 9.17) is 16.0 Å². The fourth-order valence-electron chi connectivity index (χ4n) is 3.95. The van der Waals surface area contributed by atoms with E-state index in [-0.39, 0.29) is 5.91 Å². The van der Waals surface area contributed by atoms with Crippen LogP contribution in [0.15, 0.2) is 89.7 Å². The summed E-state index contributed by atoms with van der Waals surface area (Å²) in [5.74, 6) is 0.819. The number of halogens is 4. The molecule has 0 atom stereocenters. The van der Waals surface area contributed by atoms with Gasteiger partial charge in [-0.25, -0.2) is 4.98 Å². The number of nitrogens with one attached hydrogen (secondary N) is 2. The van der Waals surface area contributed by atoms with Crippen LogP contribution >= 0.6 is 11.6 Å². The van der Waals surface area contributed by atoms with Crippen molar-refractivity contribution in [2.75, 3.05) is 5.32 Å². The zero-order valence-corrected chi connectivity index (χ0v) is 20.1. The van der Waals surface area contributed by atoms with Crippen molar-refractivity contribution in [1.82, 2.24) is 9.97 Å². The Morgan fingerprint density at radius 2 is 1.76 bits per heavy atom. The molecule has 0 spiro atoms. The molecule has 2 heterocycles. The van der Waals surface area contributed by atoms with Crippen LogP contribution in [0.1, 0.15) is 21.5 Å². The summed E-state index contributed by atoms with van der Waals surface area (Å²) in [5, 5.41) is 3.33. The molecule has 2 N–H and O–H groups in total. The van der Waals surface area contributed by atoms with Crippen molar-refractivity contribution in [3.8, 4) is 34.0 Å².